The Morgan fingerprint density at radius 3 is 2.53 bits per heavy atom. The molecule has 0 bridgehead atoms. The molecule has 0 aromatic heterocycles. The monoisotopic (exact) mass is 236 g/mol. The molecule has 0 radical (unpaired) electrons. The minimum absolute atomic E-state index is 0.262. The average molecular weight is 236 g/mol. The lowest BCUT2D eigenvalue weighted by Gasteiger charge is -2.20. The van der Waals surface area contributed by atoms with Crippen LogP contribution in [0.3, 0.4) is 0 Å². The molecule has 1 rings (SSSR count). The van der Waals surface area contributed by atoms with Crippen molar-refractivity contribution in [1.82, 2.24) is 9.62 Å². The van der Waals surface area contributed by atoms with Crippen LogP contribution in [0, 0.1) is 0 Å². The summed E-state index contributed by atoms with van der Waals surface area (Å²) in [5.74, 6) is -1.11. The number of hydrogen-bond donors (Lipinski definition) is 2. The van der Waals surface area contributed by atoms with Gasteiger partial charge in [0.05, 0.1) is 6.26 Å². The van der Waals surface area contributed by atoms with Crippen LogP contribution in [0.15, 0.2) is 0 Å². The van der Waals surface area contributed by atoms with Crippen molar-refractivity contribution in [1.29, 1.82) is 0 Å². The Morgan fingerprint density at radius 1 is 1.47 bits per heavy atom. The van der Waals surface area contributed by atoms with Crippen LogP contribution in [0.4, 0.5) is 4.79 Å². The Hall–Kier alpha value is -1.31. The molecule has 2 amide bonds. The Labute approximate surface area is 87.1 Å². The summed E-state index contributed by atoms with van der Waals surface area (Å²) in [6.45, 7) is 0.262. The van der Waals surface area contributed by atoms with Gasteiger partial charge in [-0.05, 0) is 12.8 Å². The van der Waals surface area contributed by atoms with Crippen LogP contribution in [0.1, 0.15) is 12.8 Å². The first-order valence-corrected chi connectivity index (χ1v) is 6.21. The molecule has 0 unspecified atom stereocenters. The van der Waals surface area contributed by atoms with E-state index in [1.807, 2.05) is 0 Å². The highest BCUT2D eigenvalue weighted by Gasteiger charge is 2.34. The van der Waals surface area contributed by atoms with Crippen LogP contribution < -0.4 is 4.72 Å². The van der Waals surface area contributed by atoms with Crippen molar-refractivity contribution in [2.45, 2.75) is 18.9 Å². The molecular weight excluding hydrogens is 224 g/mol. The van der Waals surface area contributed by atoms with Gasteiger partial charge < -0.3 is 10.0 Å². The van der Waals surface area contributed by atoms with Crippen LogP contribution >= 0.6 is 0 Å². The second-order valence-corrected chi connectivity index (χ2v) is 5.12. The number of nitrogens with zero attached hydrogens (tertiary/aromatic N) is 1. The highest BCUT2D eigenvalue weighted by Crippen LogP contribution is 2.17. The minimum atomic E-state index is -3.64. The van der Waals surface area contributed by atoms with E-state index in [-0.39, 0.29) is 6.54 Å². The Balaban J connectivity index is 2.71. The van der Waals surface area contributed by atoms with Gasteiger partial charge >= 0.3 is 12.0 Å². The van der Waals surface area contributed by atoms with E-state index in [0.717, 1.165) is 11.2 Å². The lowest BCUT2D eigenvalue weighted by Crippen LogP contribution is -2.47. The predicted octanol–water partition coefficient (Wildman–Crippen LogP) is -0.795. The summed E-state index contributed by atoms with van der Waals surface area (Å²) in [4.78, 5) is 23.1. The van der Waals surface area contributed by atoms with Crippen molar-refractivity contribution in [2.75, 3.05) is 12.8 Å². The van der Waals surface area contributed by atoms with E-state index in [1.165, 1.54) is 0 Å². The fraction of sp³-hybridized carbons (Fsp3) is 0.714. The summed E-state index contributed by atoms with van der Waals surface area (Å²) >= 11 is 0. The number of carboxylic acid groups (broad SMARTS) is 1. The van der Waals surface area contributed by atoms with E-state index >= 15 is 0 Å². The van der Waals surface area contributed by atoms with Crippen molar-refractivity contribution in [3.05, 3.63) is 0 Å². The molecule has 0 saturated carbocycles. The summed E-state index contributed by atoms with van der Waals surface area (Å²) in [5.41, 5.74) is 0. The maximum atomic E-state index is 11.3. The highest BCUT2D eigenvalue weighted by atomic mass is 32.2. The van der Waals surface area contributed by atoms with Crippen LogP contribution in [0.5, 0.6) is 0 Å². The van der Waals surface area contributed by atoms with Gasteiger partial charge in [0.2, 0.25) is 10.0 Å². The van der Waals surface area contributed by atoms with Gasteiger partial charge in [-0.3, -0.25) is 0 Å². The van der Waals surface area contributed by atoms with Gasteiger partial charge in [-0.2, -0.15) is 0 Å². The van der Waals surface area contributed by atoms with Crippen molar-refractivity contribution < 1.29 is 23.1 Å². The summed E-state index contributed by atoms with van der Waals surface area (Å²) in [5, 5.41) is 8.76. The molecule has 8 heteroatoms. The third-order valence-corrected chi connectivity index (χ3v) is 2.62. The highest BCUT2D eigenvalue weighted by molar-refractivity contribution is 7.89. The predicted molar refractivity (Wildman–Crippen MR) is 50.7 cm³/mol. The van der Waals surface area contributed by atoms with Gasteiger partial charge in [-0.1, -0.05) is 0 Å². The Bertz CT molecular complexity index is 377. The zero-order valence-electron chi connectivity index (χ0n) is 8.13. The number of urea groups is 1. The summed E-state index contributed by atoms with van der Waals surface area (Å²) in [7, 11) is -3.64. The number of hydrogen-bond acceptors (Lipinski definition) is 4. The van der Waals surface area contributed by atoms with Gasteiger partial charge in [0, 0.05) is 6.54 Å². The number of sulfonamides is 1. The van der Waals surface area contributed by atoms with E-state index in [4.69, 9.17) is 5.11 Å². The van der Waals surface area contributed by atoms with E-state index < -0.39 is 28.1 Å². The van der Waals surface area contributed by atoms with Crippen molar-refractivity contribution in [3.63, 3.8) is 0 Å². The zero-order valence-corrected chi connectivity index (χ0v) is 8.95. The Morgan fingerprint density at radius 2 is 2.07 bits per heavy atom. The number of likely N-dealkylation sites (tertiary alicyclic amines) is 1. The lowest BCUT2D eigenvalue weighted by atomic mass is 10.2. The second-order valence-electron chi connectivity index (χ2n) is 3.37. The maximum Gasteiger partial charge on any atom is 0.331 e. The van der Waals surface area contributed by atoms with Crippen molar-refractivity contribution in [2.24, 2.45) is 0 Å². The fourth-order valence-electron chi connectivity index (χ4n) is 1.48. The zero-order chi connectivity index (χ0) is 11.6. The van der Waals surface area contributed by atoms with E-state index in [2.05, 4.69) is 0 Å². The molecule has 1 fully saturated rings. The third kappa shape index (κ3) is 3.08. The topological polar surface area (TPSA) is 104 Å². The van der Waals surface area contributed by atoms with Crippen LogP contribution in [-0.4, -0.2) is 49.3 Å². The van der Waals surface area contributed by atoms with Gasteiger partial charge in [-0.15, -0.1) is 0 Å². The molecule has 86 valence electrons. The van der Waals surface area contributed by atoms with Gasteiger partial charge in [0.25, 0.3) is 0 Å². The smallest absolute Gasteiger partial charge is 0.331 e. The van der Waals surface area contributed by atoms with Crippen LogP contribution in [0.25, 0.3) is 0 Å². The van der Waals surface area contributed by atoms with E-state index in [0.29, 0.717) is 12.8 Å². The first-order chi connectivity index (χ1) is 6.81. The van der Waals surface area contributed by atoms with Crippen LogP contribution in [-0.2, 0) is 14.8 Å². The third-order valence-electron chi connectivity index (χ3n) is 2.07. The molecular formula is C7H12N2O5S. The SMILES string of the molecule is CS(=O)(=O)NC(=O)N1CCC[C@H]1C(=O)O. The largest absolute Gasteiger partial charge is 0.480 e. The standard InChI is InChI=1S/C7H12N2O5S/c1-15(13,14)8-7(12)9-4-2-3-5(9)6(10)11/h5H,2-4H2,1H3,(H,8,12)(H,10,11)/t5-/m0/s1. The van der Waals surface area contributed by atoms with Crippen molar-refractivity contribution >= 4 is 22.0 Å². The quantitative estimate of drug-likeness (QED) is 0.653. The first-order valence-electron chi connectivity index (χ1n) is 4.32. The summed E-state index contributed by atoms with van der Waals surface area (Å²) < 4.78 is 23.3. The first kappa shape index (κ1) is 11.8. The molecule has 1 atom stereocenters. The number of carbonyl (C=O) groups excluding carboxylic acids is 1. The molecule has 2 N–H and O–H groups in total. The molecule has 0 aromatic rings. The Kier molecular flexibility index (Phi) is 3.18. The van der Waals surface area contributed by atoms with Gasteiger partial charge in [-0.25, -0.2) is 22.7 Å². The van der Waals surface area contributed by atoms with Crippen LogP contribution in [0.2, 0.25) is 0 Å². The molecule has 1 saturated heterocycles. The maximum absolute atomic E-state index is 11.3. The van der Waals surface area contributed by atoms with Gasteiger partial charge in [0.15, 0.2) is 0 Å². The number of carboxylic acids is 1. The summed E-state index contributed by atoms with van der Waals surface area (Å²) in [6.07, 6.45) is 1.76. The minimum Gasteiger partial charge on any atom is -0.480 e. The molecule has 1 aliphatic rings. The molecule has 0 aliphatic carbocycles. The van der Waals surface area contributed by atoms with E-state index in [1.54, 1.807) is 4.72 Å². The van der Waals surface area contributed by atoms with Crippen molar-refractivity contribution in [3.8, 4) is 0 Å². The number of aliphatic carboxylic acids is 1. The fourth-order valence-corrected chi connectivity index (χ4v) is 1.92. The number of carbonyl (C=O) groups is 2. The molecule has 0 spiro atoms. The van der Waals surface area contributed by atoms with E-state index in [9.17, 15) is 18.0 Å². The van der Waals surface area contributed by atoms with Gasteiger partial charge in [0.1, 0.15) is 6.04 Å². The molecule has 1 aliphatic heterocycles. The normalized spacial score (nSPS) is 21.4. The number of nitrogens with one attached hydrogen (secondary N) is 1. The second kappa shape index (κ2) is 4.05. The molecule has 1 heterocycles. The number of rotatable bonds is 2. The molecule has 7 nitrogen and oxygen atoms in total. The molecule has 0 aromatic carbocycles. The number of amides is 2. The molecule has 15 heavy (non-hydrogen) atoms. The summed E-state index contributed by atoms with van der Waals surface area (Å²) in [6, 6.07) is -1.80. The lowest BCUT2D eigenvalue weighted by molar-refractivity contribution is -0.141. The average Bonchev–Trinajstić information content (AvgIpc) is 2.47.